The maximum Gasteiger partial charge on any atom is 0.178 e. The second-order valence-electron chi connectivity index (χ2n) is 2.69. The van der Waals surface area contributed by atoms with Crippen LogP contribution in [0.1, 0.15) is 9.80 Å². The van der Waals surface area contributed by atoms with Crippen LogP contribution >= 0.6 is 27.3 Å². The van der Waals surface area contributed by atoms with Crippen molar-refractivity contribution in [2.24, 2.45) is 0 Å². The summed E-state index contributed by atoms with van der Waals surface area (Å²) in [7, 11) is 0. The first-order valence-corrected chi connectivity index (χ1v) is 5.57. The first-order valence-electron chi connectivity index (χ1n) is 3.96. The lowest BCUT2D eigenvalue weighted by atomic mass is 10.2. The molecule has 1 aromatic heterocycles. The highest BCUT2D eigenvalue weighted by atomic mass is 79.9. The molecule has 70 valence electrons. The van der Waals surface area contributed by atoms with E-state index < -0.39 is 0 Å². The smallest absolute Gasteiger partial charge is 0.178 e. The number of hydrogen-bond acceptors (Lipinski definition) is 3. The van der Waals surface area contributed by atoms with Gasteiger partial charge in [0.25, 0.3) is 0 Å². The first-order chi connectivity index (χ1) is 6.79. The Kier molecular flexibility index (Phi) is 2.74. The number of aldehydes is 1. The van der Waals surface area contributed by atoms with Crippen LogP contribution < -0.4 is 0 Å². The molecule has 14 heavy (non-hydrogen) atoms. The molecule has 1 aromatic carbocycles. The maximum atomic E-state index is 10.4. The minimum atomic E-state index is 0.517. The quantitative estimate of drug-likeness (QED) is 0.781. The van der Waals surface area contributed by atoms with Gasteiger partial charge in [-0.25, -0.2) is 4.98 Å². The summed E-state index contributed by atoms with van der Waals surface area (Å²) in [6.07, 6.45) is 2.49. The fraction of sp³-hybridized carbons (Fsp3) is 0. The van der Waals surface area contributed by atoms with E-state index in [1.807, 2.05) is 24.3 Å². The summed E-state index contributed by atoms with van der Waals surface area (Å²) in [5, 5.41) is 0.517. The molecule has 0 aliphatic heterocycles. The van der Waals surface area contributed by atoms with Crippen molar-refractivity contribution in [2.75, 3.05) is 0 Å². The zero-order valence-electron chi connectivity index (χ0n) is 7.11. The number of halogens is 1. The molecule has 0 saturated carbocycles. The Hall–Kier alpha value is -1.000. The number of benzene rings is 1. The fourth-order valence-electron chi connectivity index (χ4n) is 1.09. The molecule has 0 fully saturated rings. The molecule has 0 radical (unpaired) electrons. The molecule has 2 nitrogen and oxygen atoms in total. The van der Waals surface area contributed by atoms with E-state index >= 15 is 0 Å². The Morgan fingerprint density at radius 2 is 2.00 bits per heavy atom. The standard InChI is InChI=1S/C10H6BrNOS/c11-8-3-1-7(2-4-8)9-5-12-10(6-13)14-9/h1-6H. The molecule has 0 aliphatic carbocycles. The SMILES string of the molecule is O=Cc1ncc(-c2ccc(Br)cc2)s1. The number of nitrogens with zero attached hydrogens (tertiary/aromatic N) is 1. The van der Waals surface area contributed by atoms with Crippen LogP contribution in [0.25, 0.3) is 10.4 Å². The van der Waals surface area contributed by atoms with E-state index in [0.717, 1.165) is 21.2 Å². The van der Waals surface area contributed by atoms with E-state index in [2.05, 4.69) is 20.9 Å². The lowest BCUT2D eigenvalue weighted by Crippen LogP contribution is -1.70. The molecule has 0 unspecified atom stereocenters. The topological polar surface area (TPSA) is 30.0 Å². The third-order valence-electron chi connectivity index (χ3n) is 1.75. The molecule has 2 rings (SSSR count). The molecular weight excluding hydrogens is 262 g/mol. The van der Waals surface area contributed by atoms with E-state index in [1.54, 1.807) is 6.20 Å². The minimum Gasteiger partial charge on any atom is -0.295 e. The van der Waals surface area contributed by atoms with Crippen molar-refractivity contribution in [3.8, 4) is 10.4 Å². The highest BCUT2D eigenvalue weighted by molar-refractivity contribution is 9.10. The number of thiazole rings is 1. The summed E-state index contributed by atoms with van der Waals surface area (Å²) in [4.78, 5) is 15.4. The number of carbonyl (C=O) groups excluding carboxylic acids is 1. The van der Waals surface area contributed by atoms with Crippen LogP contribution in [0, 0.1) is 0 Å². The lowest BCUT2D eigenvalue weighted by molar-refractivity contribution is 0.112. The third-order valence-corrected chi connectivity index (χ3v) is 3.25. The lowest BCUT2D eigenvalue weighted by Gasteiger charge is -1.95. The van der Waals surface area contributed by atoms with Gasteiger partial charge in [0, 0.05) is 10.7 Å². The number of rotatable bonds is 2. The molecule has 4 heteroatoms. The zero-order chi connectivity index (χ0) is 9.97. The highest BCUT2D eigenvalue weighted by Gasteiger charge is 2.02. The highest BCUT2D eigenvalue weighted by Crippen LogP contribution is 2.26. The summed E-state index contributed by atoms with van der Waals surface area (Å²) in [6.45, 7) is 0. The Bertz CT molecular complexity index is 449. The van der Waals surface area contributed by atoms with E-state index in [9.17, 15) is 4.79 Å². The molecule has 0 amide bonds. The van der Waals surface area contributed by atoms with Gasteiger partial charge in [-0.15, -0.1) is 11.3 Å². The van der Waals surface area contributed by atoms with Gasteiger partial charge in [0.15, 0.2) is 11.3 Å². The van der Waals surface area contributed by atoms with Gasteiger partial charge in [-0.1, -0.05) is 28.1 Å². The molecular formula is C10H6BrNOS. The number of carbonyl (C=O) groups is 1. The monoisotopic (exact) mass is 267 g/mol. The van der Waals surface area contributed by atoms with Gasteiger partial charge in [-0.2, -0.15) is 0 Å². The molecule has 0 atom stereocenters. The average Bonchev–Trinajstić information content (AvgIpc) is 2.67. The number of hydrogen-bond donors (Lipinski definition) is 0. The van der Waals surface area contributed by atoms with Crippen LogP contribution in [0.15, 0.2) is 34.9 Å². The van der Waals surface area contributed by atoms with Crippen LogP contribution in [-0.4, -0.2) is 11.3 Å². The second kappa shape index (κ2) is 4.02. The van der Waals surface area contributed by atoms with E-state index in [1.165, 1.54) is 11.3 Å². The zero-order valence-corrected chi connectivity index (χ0v) is 9.51. The van der Waals surface area contributed by atoms with Crippen LogP contribution in [-0.2, 0) is 0 Å². The van der Waals surface area contributed by atoms with Gasteiger partial charge in [0.05, 0.1) is 4.88 Å². The summed E-state index contributed by atoms with van der Waals surface area (Å²) >= 11 is 4.77. The van der Waals surface area contributed by atoms with Crippen molar-refractivity contribution < 1.29 is 4.79 Å². The van der Waals surface area contributed by atoms with Crippen LogP contribution in [0.4, 0.5) is 0 Å². The van der Waals surface area contributed by atoms with Crippen molar-refractivity contribution in [3.05, 3.63) is 39.9 Å². The maximum absolute atomic E-state index is 10.4. The van der Waals surface area contributed by atoms with Crippen molar-refractivity contribution in [3.63, 3.8) is 0 Å². The van der Waals surface area contributed by atoms with Crippen molar-refractivity contribution >= 4 is 33.6 Å². The van der Waals surface area contributed by atoms with Crippen LogP contribution in [0.2, 0.25) is 0 Å². The molecule has 0 spiro atoms. The van der Waals surface area contributed by atoms with Gasteiger partial charge in [0.1, 0.15) is 0 Å². The van der Waals surface area contributed by atoms with E-state index in [0.29, 0.717) is 5.01 Å². The van der Waals surface area contributed by atoms with Gasteiger partial charge in [-0.3, -0.25) is 4.79 Å². The molecule has 0 bridgehead atoms. The summed E-state index contributed by atoms with van der Waals surface area (Å²) in [6, 6.07) is 7.92. The predicted molar refractivity (Wildman–Crippen MR) is 60.6 cm³/mol. The Labute approximate surface area is 93.7 Å². The second-order valence-corrected chi connectivity index (χ2v) is 4.67. The Morgan fingerprint density at radius 3 is 2.57 bits per heavy atom. The Morgan fingerprint density at radius 1 is 1.29 bits per heavy atom. The van der Waals surface area contributed by atoms with Crippen LogP contribution in [0.5, 0.6) is 0 Å². The summed E-state index contributed by atoms with van der Waals surface area (Å²) in [5.41, 5.74) is 1.08. The van der Waals surface area contributed by atoms with Crippen LogP contribution in [0.3, 0.4) is 0 Å². The molecule has 0 aliphatic rings. The van der Waals surface area contributed by atoms with Crippen molar-refractivity contribution in [1.82, 2.24) is 4.98 Å². The first kappa shape index (κ1) is 9.55. The van der Waals surface area contributed by atoms with Gasteiger partial charge >= 0.3 is 0 Å². The van der Waals surface area contributed by atoms with Gasteiger partial charge in [0.2, 0.25) is 0 Å². The normalized spacial score (nSPS) is 10.1. The predicted octanol–water partition coefficient (Wildman–Crippen LogP) is 3.39. The van der Waals surface area contributed by atoms with E-state index in [4.69, 9.17) is 0 Å². The number of aromatic nitrogens is 1. The molecule has 1 heterocycles. The largest absolute Gasteiger partial charge is 0.295 e. The third kappa shape index (κ3) is 1.91. The molecule has 0 saturated heterocycles. The molecule has 0 N–H and O–H groups in total. The van der Waals surface area contributed by atoms with Crippen molar-refractivity contribution in [2.45, 2.75) is 0 Å². The van der Waals surface area contributed by atoms with Gasteiger partial charge in [-0.05, 0) is 17.7 Å². The Balaban J connectivity index is 2.39. The summed E-state index contributed by atoms with van der Waals surface area (Å²) < 4.78 is 1.04. The fourth-order valence-corrected chi connectivity index (χ4v) is 2.09. The summed E-state index contributed by atoms with van der Waals surface area (Å²) in [5.74, 6) is 0. The minimum absolute atomic E-state index is 0.517. The average molecular weight is 268 g/mol. The molecule has 2 aromatic rings. The van der Waals surface area contributed by atoms with E-state index in [-0.39, 0.29) is 0 Å². The van der Waals surface area contributed by atoms with Crippen molar-refractivity contribution in [1.29, 1.82) is 0 Å². The van der Waals surface area contributed by atoms with Gasteiger partial charge < -0.3 is 0 Å².